The maximum absolute atomic E-state index is 6.22. The van der Waals surface area contributed by atoms with Gasteiger partial charge in [-0.3, -0.25) is 0 Å². The van der Waals surface area contributed by atoms with Crippen molar-refractivity contribution in [3.8, 4) is 11.5 Å². The lowest BCUT2D eigenvalue weighted by Gasteiger charge is -2.16. The topological polar surface area (TPSA) is 33.7 Å². The number of hydrogen-bond donors (Lipinski definition) is 1. The minimum Gasteiger partial charge on any atom is -0.493 e. The highest BCUT2D eigenvalue weighted by atomic mass is 35.5. The fourth-order valence-corrected chi connectivity index (χ4v) is 2.72. The third-order valence-corrected chi connectivity index (χ3v) is 4.25. The Hall–Kier alpha value is -1.17. The van der Waals surface area contributed by atoms with Gasteiger partial charge in [-0.1, -0.05) is 41.9 Å². The number of benzene rings is 2. The largest absolute Gasteiger partial charge is 0.493 e. The van der Waals surface area contributed by atoms with E-state index in [1.807, 2.05) is 36.4 Å². The second-order valence-electron chi connectivity index (χ2n) is 6.16. The fourth-order valence-electron chi connectivity index (χ4n) is 2.53. The highest BCUT2D eigenvalue weighted by Gasteiger charge is 2.11. The van der Waals surface area contributed by atoms with E-state index in [4.69, 9.17) is 21.1 Å². The molecule has 7 heteroatoms. The van der Waals surface area contributed by atoms with E-state index in [2.05, 4.69) is 30.4 Å². The molecule has 1 N–H and O–H groups in total. The SMILES string of the molecule is COc1cccc(CNCCCN(C)C)c1OCc1ccccc1Cl.Cl.Cl. The average Bonchev–Trinajstić information content (AvgIpc) is 2.61. The number of rotatable bonds is 10. The Labute approximate surface area is 180 Å². The van der Waals surface area contributed by atoms with Crippen molar-refractivity contribution in [1.29, 1.82) is 0 Å². The van der Waals surface area contributed by atoms with Gasteiger partial charge in [0.2, 0.25) is 0 Å². The smallest absolute Gasteiger partial charge is 0.166 e. The van der Waals surface area contributed by atoms with Crippen LogP contribution in [0.1, 0.15) is 17.5 Å². The van der Waals surface area contributed by atoms with Crippen molar-refractivity contribution in [1.82, 2.24) is 10.2 Å². The van der Waals surface area contributed by atoms with Gasteiger partial charge in [0.1, 0.15) is 6.61 Å². The van der Waals surface area contributed by atoms with Crippen molar-refractivity contribution >= 4 is 36.4 Å². The molecule has 0 amide bonds. The number of nitrogens with zero attached hydrogens (tertiary/aromatic N) is 1. The van der Waals surface area contributed by atoms with Crippen LogP contribution >= 0.6 is 36.4 Å². The summed E-state index contributed by atoms with van der Waals surface area (Å²) in [6.45, 7) is 3.18. The van der Waals surface area contributed by atoms with E-state index in [1.165, 1.54) is 0 Å². The monoisotopic (exact) mass is 434 g/mol. The van der Waals surface area contributed by atoms with Crippen molar-refractivity contribution in [2.75, 3.05) is 34.3 Å². The minimum atomic E-state index is 0. The number of ether oxygens (including phenoxy) is 2. The first-order valence-corrected chi connectivity index (χ1v) is 8.87. The molecule has 0 radical (unpaired) electrons. The van der Waals surface area contributed by atoms with Crippen molar-refractivity contribution in [3.63, 3.8) is 0 Å². The molecule has 0 saturated heterocycles. The highest BCUT2D eigenvalue weighted by molar-refractivity contribution is 6.31. The van der Waals surface area contributed by atoms with E-state index in [0.717, 1.165) is 48.7 Å². The number of hydrogen-bond acceptors (Lipinski definition) is 4. The Morgan fingerprint density at radius 3 is 2.37 bits per heavy atom. The van der Waals surface area contributed by atoms with E-state index in [9.17, 15) is 0 Å². The maximum atomic E-state index is 6.22. The Balaban J connectivity index is 0.00000338. The zero-order valence-corrected chi connectivity index (χ0v) is 18.4. The lowest BCUT2D eigenvalue weighted by Crippen LogP contribution is -2.21. The van der Waals surface area contributed by atoms with Crippen LogP contribution in [-0.2, 0) is 13.2 Å². The molecule has 0 aliphatic rings. The summed E-state index contributed by atoms with van der Waals surface area (Å²) in [5, 5.41) is 4.18. The summed E-state index contributed by atoms with van der Waals surface area (Å²) in [7, 11) is 5.83. The average molecular weight is 436 g/mol. The summed E-state index contributed by atoms with van der Waals surface area (Å²) in [6, 6.07) is 13.7. The molecular formula is C20H29Cl3N2O2. The molecule has 0 aromatic heterocycles. The molecule has 0 spiro atoms. The number of methoxy groups -OCH3 is 1. The van der Waals surface area contributed by atoms with Gasteiger partial charge in [-0.05, 0) is 45.7 Å². The molecule has 2 aromatic rings. The zero-order chi connectivity index (χ0) is 18.1. The first-order valence-electron chi connectivity index (χ1n) is 8.49. The van der Waals surface area contributed by atoms with E-state index in [0.29, 0.717) is 11.6 Å². The molecule has 2 rings (SSSR count). The first kappa shape index (κ1) is 25.8. The van der Waals surface area contributed by atoms with Crippen molar-refractivity contribution in [2.45, 2.75) is 19.6 Å². The number of para-hydroxylation sites is 1. The standard InChI is InChI=1S/C20H27ClN2O2.2ClH/c1-23(2)13-7-12-22-14-16-9-6-11-19(24-3)20(16)25-15-17-8-4-5-10-18(17)21;;/h4-6,8-11,22H,7,12-15H2,1-3H3;2*1H. The molecule has 0 saturated carbocycles. The molecule has 0 heterocycles. The van der Waals surface area contributed by atoms with Crippen LogP contribution in [0.15, 0.2) is 42.5 Å². The van der Waals surface area contributed by atoms with E-state index in [-0.39, 0.29) is 24.8 Å². The number of halogens is 3. The van der Waals surface area contributed by atoms with Gasteiger partial charge in [0, 0.05) is 22.7 Å². The van der Waals surface area contributed by atoms with Crippen molar-refractivity contribution < 1.29 is 9.47 Å². The summed E-state index contributed by atoms with van der Waals surface area (Å²) >= 11 is 6.22. The second kappa shape index (κ2) is 13.9. The maximum Gasteiger partial charge on any atom is 0.166 e. The van der Waals surface area contributed by atoms with E-state index >= 15 is 0 Å². The van der Waals surface area contributed by atoms with Crippen LogP contribution in [0.4, 0.5) is 0 Å². The van der Waals surface area contributed by atoms with Gasteiger partial charge in [-0.25, -0.2) is 0 Å². The highest BCUT2D eigenvalue weighted by Crippen LogP contribution is 2.32. The Kier molecular flexibility index (Phi) is 13.3. The van der Waals surface area contributed by atoms with Crippen LogP contribution < -0.4 is 14.8 Å². The van der Waals surface area contributed by atoms with Gasteiger partial charge in [0.25, 0.3) is 0 Å². The molecule has 0 bridgehead atoms. The lowest BCUT2D eigenvalue weighted by atomic mass is 10.1. The van der Waals surface area contributed by atoms with E-state index in [1.54, 1.807) is 7.11 Å². The molecule has 4 nitrogen and oxygen atoms in total. The van der Waals surface area contributed by atoms with Crippen LogP contribution in [0.2, 0.25) is 5.02 Å². The molecule has 0 aliphatic carbocycles. The second-order valence-corrected chi connectivity index (χ2v) is 6.57. The van der Waals surface area contributed by atoms with Crippen LogP contribution in [0.25, 0.3) is 0 Å². The van der Waals surface area contributed by atoms with Crippen LogP contribution in [0.5, 0.6) is 11.5 Å². The van der Waals surface area contributed by atoms with Crippen molar-refractivity contribution in [2.24, 2.45) is 0 Å². The Bertz CT molecular complexity index is 669. The van der Waals surface area contributed by atoms with Crippen LogP contribution in [-0.4, -0.2) is 39.2 Å². The summed E-state index contributed by atoms with van der Waals surface area (Å²) in [6.07, 6.45) is 1.10. The summed E-state index contributed by atoms with van der Waals surface area (Å²) < 4.78 is 11.5. The van der Waals surface area contributed by atoms with Gasteiger partial charge in [0.15, 0.2) is 11.5 Å². The summed E-state index contributed by atoms with van der Waals surface area (Å²) in [5.41, 5.74) is 2.04. The molecule has 2 aromatic carbocycles. The fraction of sp³-hybridized carbons (Fsp3) is 0.400. The molecule has 152 valence electrons. The van der Waals surface area contributed by atoms with Gasteiger partial charge in [-0.15, -0.1) is 24.8 Å². The Morgan fingerprint density at radius 2 is 1.70 bits per heavy atom. The molecule has 0 fully saturated rings. The molecule has 0 unspecified atom stereocenters. The van der Waals surface area contributed by atoms with Crippen molar-refractivity contribution in [3.05, 3.63) is 58.6 Å². The third kappa shape index (κ3) is 8.58. The quantitative estimate of drug-likeness (QED) is 0.543. The predicted molar refractivity (Wildman–Crippen MR) is 118 cm³/mol. The summed E-state index contributed by atoms with van der Waals surface area (Å²) in [5.74, 6) is 1.50. The minimum absolute atomic E-state index is 0. The van der Waals surface area contributed by atoms with Crippen LogP contribution in [0.3, 0.4) is 0 Å². The molecule has 0 atom stereocenters. The normalized spacial score (nSPS) is 10.1. The van der Waals surface area contributed by atoms with Crippen LogP contribution in [0, 0.1) is 0 Å². The van der Waals surface area contributed by atoms with Gasteiger partial charge < -0.3 is 19.7 Å². The molecule has 0 aliphatic heterocycles. The Morgan fingerprint density at radius 1 is 1.00 bits per heavy atom. The van der Waals surface area contributed by atoms with E-state index < -0.39 is 0 Å². The number of nitrogens with one attached hydrogen (secondary N) is 1. The van der Waals surface area contributed by atoms with Gasteiger partial charge in [-0.2, -0.15) is 0 Å². The molecule has 27 heavy (non-hydrogen) atoms. The third-order valence-electron chi connectivity index (χ3n) is 3.88. The zero-order valence-electron chi connectivity index (χ0n) is 16.0. The predicted octanol–water partition coefficient (Wildman–Crippen LogP) is 4.81. The molecular weight excluding hydrogens is 407 g/mol. The first-order chi connectivity index (χ1) is 12.1. The van der Waals surface area contributed by atoms with Gasteiger partial charge >= 0.3 is 0 Å². The lowest BCUT2D eigenvalue weighted by molar-refractivity contribution is 0.280. The summed E-state index contributed by atoms with van der Waals surface area (Å²) in [4.78, 5) is 2.19. The van der Waals surface area contributed by atoms with Gasteiger partial charge in [0.05, 0.1) is 7.11 Å².